The third-order valence-electron chi connectivity index (χ3n) is 8.09. The summed E-state index contributed by atoms with van der Waals surface area (Å²) in [6.45, 7) is 8.04. The number of fused-ring (bicyclic) bond motifs is 1. The lowest BCUT2D eigenvalue weighted by molar-refractivity contribution is -0.131. The molecule has 2 amide bonds. The molecule has 0 fully saturated rings. The van der Waals surface area contributed by atoms with Gasteiger partial charge in [0.15, 0.2) is 0 Å². The van der Waals surface area contributed by atoms with Crippen molar-refractivity contribution in [3.8, 4) is 0 Å². The average molecular weight is 578 g/mol. The van der Waals surface area contributed by atoms with Gasteiger partial charge in [0.05, 0.1) is 12.1 Å². The molecule has 43 heavy (non-hydrogen) atoms. The first-order valence-corrected chi connectivity index (χ1v) is 15.1. The summed E-state index contributed by atoms with van der Waals surface area (Å²) in [6, 6.07) is 30.3. The summed E-state index contributed by atoms with van der Waals surface area (Å²) >= 11 is 0. The van der Waals surface area contributed by atoms with Crippen LogP contribution in [0, 0.1) is 19.7 Å². The fourth-order valence-corrected chi connectivity index (χ4v) is 5.95. The van der Waals surface area contributed by atoms with E-state index in [-0.39, 0.29) is 17.6 Å². The molecule has 0 radical (unpaired) electrons. The molecule has 0 bridgehead atoms. The molecule has 0 atom stereocenters. The average Bonchev–Trinajstić information content (AvgIpc) is 2.99. The van der Waals surface area contributed by atoms with Crippen LogP contribution in [0.4, 0.5) is 10.1 Å². The Hall–Kier alpha value is -4.29. The highest BCUT2D eigenvalue weighted by Crippen LogP contribution is 2.29. The topological polar surface area (TPSA) is 43.9 Å². The Morgan fingerprint density at radius 3 is 2.19 bits per heavy atom. The highest BCUT2D eigenvalue weighted by atomic mass is 19.1. The molecular weight excluding hydrogens is 537 g/mol. The summed E-state index contributed by atoms with van der Waals surface area (Å²) in [5.74, 6) is -0.470. The van der Waals surface area contributed by atoms with E-state index >= 15 is 0 Å². The Morgan fingerprint density at radius 2 is 1.44 bits per heavy atom. The molecule has 5 rings (SSSR count). The largest absolute Gasteiger partial charge is 0.338 e. The van der Waals surface area contributed by atoms with Crippen molar-refractivity contribution < 1.29 is 14.0 Å². The summed E-state index contributed by atoms with van der Waals surface area (Å²) in [4.78, 5) is 34.0. The Kier molecular flexibility index (Phi) is 10.0. The van der Waals surface area contributed by atoms with Gasteiger partial charge in [0.25, 0.3) is 5.91 Å². The minimum Gasteiger partial charge on any atom is -0.338 e. The molecule has 0 saturated heterocycles. The first-order valence-electron chi connectivity index (χ1n) is 15.1. The summed E-state index contributed by atoms with van der Waals surface area (Å²) in [5.41, 5.74) is 6.55. The number of benzene rings is 4. The van der Waals surface area contributed by atoms with E-state index in [1.165, 1.54) is 17.7 Å². The summed E-state index contributed by atoms with van der Waals surface area (Å²) in [5, 5.41) is 0. The van der Waals surface area contributed by atoms with Crippen LogP contribution in [0.5, 0.6) is 0 Å². The molecule has 0 spiro atoms. The number of rotatable bonds is 5. The van der Waals surface area contributed by atoms with Gasteiger partial charge >= 0.3 is 0 Å². The molecule has 4 aromatic rings. The van der Waals surface area contributed by atoms with Gasteiger partial charge in [0.1, 0.15) is 5.82 Å². The molecule has 4 aromatic carbocycles. The van der Waals surface area contributed by atoms with Gasteiger partial charge in [-0.1, -0.05) is 78.4 Å². The van der Waals surface area contributed by atoms with E-state index in [1.54, 1.807) is 12.1 Å². The van der Waals surface area contributed by atoms with Gasteiger partial charge in [0.2, 0.25) is 5.91 Å². The van der Waals surface area contributed by atoms with Gasteiger partial charge in [-0.3, -0.25) is 14.5 Å². The Bertz CT molecular complexity index is 1540. The number of carbonyl (C=O) groups excluding carboxylic acids is 2. The smallest absolute Gasteiger partial charge is 0.258 e. The molecule has 1 aliphatic rings. The van der Waals surface area contributed by atoms with Crippen LogP contribution in [0.2, 0.25) is 0 Å². The van der Waals surface area contributed by atoms with Gasteiger partial charge in [0, 0.05) is 44.8 Å². The predicted molar refractivity (Wildman–Crippen MR) is 171 cm³/mol. The maximum atomic E-state index is 14.0. The monoisotopic (exact) mass is 577 g/mol. The fraction of sp³-hybridized carbons (Fsp3) is 0.297. The lowest BCUT2D eigenvalue weighted by Gasteiger charge is -2.33. The number of aryl methyl sites for hydroxylation is 2. The Morgan fingerprint density at radius 1 is 0.744 bits per heavy atom. The number of nitrogens with zero attached hydrogens (tertiary/aromatic N) is 3. The van der Waals surface area contributed by atoms with Crippen LogP contribution >= 0.6 is 0 Å². The Labute approximate surface area is 254 Å². The number of halogens is 1. The van der Waals surface area contributed by atoms with Gasteiger partial charge < -0.3 is 9.80 Å². The van der Waals surface area contributed by atoms with Crippen LogP contribution < -0.4 is 4.90 Å². The molecule has 1 aliphatic heterocycles. The zero-order chi connectivity index (χ0) is 30.2. The van der Waals surface area contributed by atoms with Gasteiger partial charge in [-0.25, -0.2) is 4.39 Å². The van der Waals surface area contributed by atoms with Gasteiger partial charge in [-0.15, -0.1) is 0 Å². The number of hydrogen-bond acceptors (Lipinski definition) is 3. The predicted octanol–water partition coefficient (Wildman–Crippen LogP) is 6.96. The van der Waals surface area contributed by atoms with Crippen molar-refractivity contribution in [2.75, 3.05) is 31.1 Å². The normalized spacial score (nSPS) is 14.9. The molecule has 0 aliphatic carbocycles. The highest BCUT2D eigenvalue weighted by molar-refractivity contribution is 6.07. The van der Waals surface area contributed by atoms with Crippen LogP contribution in [-0.2, 0) is 24.3 Å². The molecule has 6 heteroatoms. The molecule has 0 N–H and O–H groups in total. The van der Waals surface area contributed by atoms with E-state index in [9.17, 15) is 14.0 Å². The lowest BCUT2D eigenvalue weighted by Crippen LogP contribution is -2.39. The van der Waals surface area contributed by atoms with Crippen LogP contribution in [-0.4, -0.2) is 47.8 Å². The number of anilines is 1. The van der Waals surface area contributed by atoms with E-state index in [1.807, 2.05) is 66.1 Å². The van der Waals surface area contributed by atoms with Crippen LogP contribution in [0.25, 0.3) is 0 Å². The number of hydrogen-bond donors (Lipinski definition) is 0. The van der Waals surface area contributed by atoms with Crippen molar-refractivity contribution in [1.29, 1.82) is 0 Å². The number of para-hydroxylation sites is 1. The second kappa shape index (κ2) is 14.3. The van der Waals surface area contributed by atoms with E-state index in [4.69, 9.17) is 0 Å². The first kappa shape index (κ1) is 30.2. The minimum absolute atomic E-state index is 0.0705. The second-order valence-electron chi connectivity index (χ2n) is 11.5. The zero-order valence-corrected chi connectivity index (χ0v) is 25.1. The van der Waals surface area contributed by atoms with E-state index in [0.717, 1.165) is 60.4 Å². The van der Waals surface area contributed by atoms with Crippen molar-refractivity contribution >= 4 is 17.5 Å². The Balaban J connectivity index is 1.49. The minimum atomic E-state index is -0.374. The van der Waals surface area contributed by atoms with Crippen molar-refractivity contribution in [3.63, 3.8) is 0 Å². The first-order chi connectivity index (χ1) is 20.9. The SMILES string of the molecule is Cc1cccc(CC(=O)N2CCCN(Cc3ccccc3)CCCN(C(=O)c3ccc(F)cc3)c3c(C)cccc3C2)c1. The molecule has 0 aromatic heterocycles. The van der Waals surface area contributed by atoms with Crippen molar-refractivity contribution in [1.82, 2.24) is 9.80 Å². The molecule has 0 unspecified atom stereocenters. The van der Waals surface area contributed by atoms with Crippen molar-refractivity contribution in [2.45, 2.75) is 46.2 Å². The van der Waals surface area contributed by atoms with Crippen LogP contribution in [0.3, 0.4) is 0 Å². The number of amides is 2. The summed E-state index contributed by atoms with van der Waals surface area (Å²) < 4.78 is 13.7. The lowest BCUT2D eigenvalue weighted by atomic mass is 10.0. The molecule has 222 valence electrons. The van der Waals surface area contributed by atoms with E-state index in [0.29, 0.717) is 31.6 Å². The maximum Gasteiger partial charge on any atom is 0.258 e. The van der Waals surface area contributed by atoms with E-state index in [2.05, 4.69) is 35.2 Å². The second-order valence-corrected chi connectivity index (χ2v) is 11.5. The molecule has 5 nitrogen and oxygen atoms in total. The fourth-order valence-electron chi connectivity index (χ4n) is 5.95. The van der Waals surface area contributed by atoms with Crippen LogP contribution in [0.1, 0.15) is 51.0 Å². The standard InChI is InChI=1S/C37H40FN3O2/c1-28-10-6-14-31(24-28)25-35(42)40-22-8-20-39(26-30-12-4-3-5-13-30)21-9-23-41(36-29(2)11-7-15-33(36)27-40)37(43)32-16-18-34(38)19-17-32/h3-7,10-19,24H,8-9,20-23,25-27H2,1-2H3. The molecule has 1 heterocycles. The summed E-state index contributed by atoms with van der Waals surface area (Å²) in [6.07, 6.45) is 1.96. The highest BCUT2D eigenvalue weighted by Gasteiger charge is 2.25. The zero-order valence-electron chi connectivity index (χ0n) is 25.1. The molecular formula is C37H40FN3O2. The quantitative estimate of drug-likeness (QED) is 0.258. The van der Waals surface area contributed by atoms with Crippen molar-refractivity contribution in [3.05, 3.63) is 136 Å². The maximum absolute atomic E-state index is 14.0. The van der Waals surface area contributed by atoms with Gasteiger partial charge in [-0.2, -0.15) is 0 Å². The number of carbonyl (C=O) groups is 2. The van der Waals surface area contributed by atoms with E-state index < -0.39 is 0 Å². The third-order valence-corrected chi connectivity index (χ3v) is 8.09. The van der Waals surface area contributed by atoms with Gasteiger partial charge in [-0.05, 0) is 73.2 Å². The third kappa shape index (κ3) is 7.96. The van der Waals surface area contributed by atoms with Crippen molar-refractivity contribution in [2.24, 2.45) is 0 Å². The van der Waals surface area contributed by atoms with Crippen LogP contribution in [0.15, 0.2) is 97.1 Å². The molecule has 0 saturated carbocycles. The summed E-state index contributed by atoms with van der Waals surface area (Å²) in [7, 11) is 0.